The van der Waals surface area contributed by atoms with E-state index in [1.165, 1.54) is 14.2 Å². The van der Waals surface area contributed by atoms with Crippen LogP contribution in [-0.4, -0.2) is 39.4 Å². The van der Waals surface area contributed by atoms with Crippen molar-refractivity contribution in [1.29, 1.82) is 0 Å². The third-order valence-electron chi connectivity index (χ3n) is 2.89. The Hall–Kier alpha value is -2.96. The van der Waals surface area contributed by atoms with E-state index in [1.807, 2.05) is 30.3 Å². The van der Waals surface area contributed by atoms with Gasteiger partial charge in [-0.3, -0.25) is 5.10 Å². The van der Waals surface area contributed by atoms with E-state index in [2.05, 4.69) is 25.1 Å². The Morgan fingerprint density at radius 1 is 0.905 bits per heavy atom. The van der Waals surface area contributed by atoms with Crippen molar-refractivity contribution in [2.24, 2.45) is 0 Å². The monoisotopic (exact) mass is 283 g/mol. The van der Waals surface area contributed by atoms with Crippen LogP contribution >= 0.6 is 0 Å². The molecule has 1 aromatic carbocycles. The number of rotatable bonds is 4. The van der Waals surface area contributed by atoms with E-state index >= 15 is 0 Å². The lowest BCUT2D eigenvalue weighted by atomic mass is 10.1. The largest absolute Gasteiger partial charge is 0.467 e. The zero-order valence-electron chi connectivity index (χ0n) is 11.6. The predicted octanol–water partition coefficient (Wildman–Crippen LogP) is 1.95. The van der Waals surface area contributed by atoms with Crippen molar-refractivity contribution in [3.63, 3.8) is 0 Å². The van der Waals surface area contributed by atoms with Gasteiger partial charge in [-0.05, 0) is 12.1 Å². The highest BCUT2D eigenvalue weighted by atomic mass is 16.5. The standard InChI is InChI=1S/C14H13N5O2/c1-20-13-16-12(17-14(18-13)21-2)10-5-3-4-9(8-10)11-6-7-15-19-11/h3-8H,1-2H3,(H,15,19). The second kappa shape index (κ2) is 5.58. The lowest BCUT2D eigenvalue weighted by molar-refractivity contribution is 0.341. The number of hydrogen-bond acceptors (Lipinski definition) is 6. The Morgan fingerprint density at radius 2 is 1.62 bits per heavy atom. The summed E-state index contributed by atoms with van der Waals surface area (Å²) in [4.78, 5) is 12.5. The van der Waals surface area contributed by atoms with Crippen LogP contribution < -0.4 is 9.47 Å². The molecule has 0 atom stereocenters. The van der Waals surface area contributed by atoms with Gasteiger partial charge in [0.2, 0.25) is 0 Å². The number of hydrogen-bond donors (Lipinski definition) is 1. The molecule has 0 bridgehead atoms. The molecule has 21 heavy (non-hydrogen) atoms. The summed E-state index contributed by atoms with van der Waals surface area (Å²) in [5, 5.41) is 6.87. The fourth-order valence-electron chi connectivity index (χ4n) is 1.89. The molecule has 1 N–H and O–H groups in total. The maximum Gasteiger partial charge on any atom is 0.322 e. The first-order chi connectivity index (χ1) is 10.3. The van der Waals surface area contributed by atoms with E-state index in [1.54, 1.807) is 6.20 Å². The van der Waals surface area contributed by atoms with Crippen molar-refractivity contribution < 1.29 is 9.47 Å². The number of benzene rings is 1. The van der Waals surface area contributed by atoms with Gasteiger partial charge in [0.15, 0.2) is 5.82 Å². The molecule has 106 valence electrons. The Bertz CT molecular complexity index is 721. The molecule has 0 aliphatic rings. The first-order valence-electron chi connectivity index (χ1n) is 6.24. The molecule has 2 aromatic heterocycles. The van der Waals surface area contributed by atoms with Gasteiger partial charge in [-0.2, -0.15) is 15.1 Å². The zero-order valence-corrected chi connectivity index (χ0v) is 11.6. The summed E-state index contributed by atoms with van der Waals surface area (Å²) in [6.45, 7) is 0. The molecule has 3 aromatic rings. The Balaban J connectivity index is 2.06. The van der Waals surface area contributed by atoms with Crippen LogP contribution in [0.2, 0.25) is 0 Å². The van der Waals surface area contributed by atoms with E-state index in [-0.39, 0.29) is 12.0 Å². The number of ether oxygens (including phenoxy) is 2. The van der Waals surface area contributed by atoms with Crippen LogP contribution in [0.4, 0.5) is 0 Å². The summed E-state index contributed by atoms with van der Waals surface area (Å²) in [6.07, 6.45) is 1.71. The second-order valence-corrected chi connectivity index (χ2v) is 4.18. The first kappa shape index (κ1) is 13.0. The number of nitrogens with one attached hydrogen (secondary N) is 1. The summed E-state index contributed by atoms with van der Waals surface area (Å²) in [7, 11) is 3.00. The summed E-state index contributed by atoms with van der Waals surface area (Å²) >= 11 is 0. The van der Waals surface area contributed by atoms with E-state index in [0.717, 1.165) is 16.8 Å². The molecule has 0 saturated carbocycles. The van der Waals surface area contributed by atoms with Gasteiger partial charge >= 0.3 is 12.0 Å². The normalized spacial score (nSPS) is 10.4. The average Bonchev–Trinajstić information content (AvgIpc) is 3.09. The highest BCUT2D eigenvalue weighted by molar-refractivity contribution is 5.67. The highest BCUT2D eigenvalue weighted by Crippen LogP contribution is 2.24. The molecule has 0 fully saturated rings. The molecular weight excluding hydrogens is 270 g/mol. The quantitative estimate of drug-likeness (QED) is 0.787. The average molecular weight is 283 g/mol. The SMILES string of the molecule is COc1nc(OC)nc(-c2cccc(-c3ccn[nH]3)c2)n1. The van der Waals surface area contributed by atoms with Gasteiger partial charge in [0.25, 0.3) is 0 Å². The first-order valence-corrected chi connectivity index (χ1v) is 6.24. The van der Waals surface area contributed by atoms with Gasteiger partial charge in [0.05, 0.1) is 19.9 Å². The summed E-state index contributed by atoms with van der Waals surface area (Å²) in [6, 6.07) is 10.1. The summed E-state index contributed by atoms with van der Waals surface area (Å²) in [5.41, 5.74) is 2.74. The number of aromatic amines is 1. The third kappa shape index (κ3) is 2.66. The molecule has 0 saturated heterocycles. The van der Waals surface area contributed by atoms with E-state index < -0.39 is 0 Å². The zero-order chi connectivity index (χ0) is 14.7. The van der Waals surface area contributed by atoms with E-state index in [0.29, 0.717) is 5.82 Å². The number of nitrogens with zero attached hydrogens (tertiary/aromatic N) is 4. The number of methoxy groups -OCH3 is 2. The highest BCUT2D eigenvalue weighted by Gasteiger charge is 2.10. The van der Waals surface area contributed by atoms with E-state index in [4.69, 9.17) is 9.47 Å². The maximum atomic E-state index is 5.06. The van der Waals surface area contributed by atoms with Crippen molar-refractivity contribution in [3.05, 3.63) is 36.5 Å². The van der Waals surface area contributed by atoms with Crippen LogP contribution in [0.25, 0.3) is 22.6 Å². The van der Waals surface area contributed by atoms with Gasteiger partial charge in [-0.15, -0.1) is 4.98 Å². The molecule has 0 amide bonds. The van der Waals surface area contributed by atoms with Crippen molar-refractivity contribution in [2.75, 3.05) is 14.2 Å². The third-order valence-corrected chi connectivity index (χ3v) is 2.89. The Labute approximate surface area is 121 Å². The minimum atomic E-state index is 0.212. The van der Waals surface area contributed by atoms with Crippen molar-refractivity contribution in [3.8, 4) is 34.7 Å². The fraction of sp³-hybridized carbons (Fsp3) is 0.143. The molecule has 0 radical (unpaired) electrons. The molecule has 7 heteroatoms. The predicted molar refractivity (Wildman–Crippen MR) is 75.9 cm³/mol. The lowest BCUT2D eigenvalue weighted by Gasteiger charge is -2.06. The van der Waals surface area contributed by atoms with Crippen LogP contribution in [0.15, 0.2) is 36.5 Å². The molecule has 0 unspecified atom stereocenters. The van der Waals surface area contributed by atoms with E-state index in [9.17, 15) is 0 Å². The molecule has 2 heterocycles. The van der Waals surface area contributed by atoms with Crippen molar-refractivity contribution in [1.82, 2.24) is 25.1 Å². The number of H-pyrrole nitrogens is 1. The molecule has 3 rings (SSSR count). The molecule has 0 aliphatic carbocycles. The minimum absolute atomic E-state index is 0.212. The lowest BCUT2D eigenvalue weighted by Crippen LogP contribution is -2.01. The maximum absolute atomic E-state index is 5.06. The smallest absolute Gasteiger partial charge is 0.322 e. The topological polar surface area (TPSA) is 85.8 Å². The summed E-state index contributed by atoms with van der Waals surface area (Å²) in [5.74, 6) is 0.486. The Kier molecular flexibility index (Phi) is 3.46. The number of aromatic nitrogens is 5. The minimum Gasteiger partial charge on any atom is -0.467 e. The summed E-state index contributed by atoms with van der Waals surface area (Å²) < 4.78 is 10.1. The van der Waals surface area contributed by atoms with Crippen LogP contribution in [0, 0.1) is 0 Å². The van der Waals surface area contributed by atoms with Crippen molar-refractivity contribution in [2.45, 2.75) is 0 Å². The molecule has 7 nitrogen and oxygen atoms in total. The van der Waals surface area contributed by atoms with Gasteiger partial charge in [-0.1, -0.05) is 18.2 Å². The van der Waals surface area contributed by atoms with Crippen LogP contribution in [0.5, 0.6) is 12.0 Å². The fourth-order valence-corrected chi connectivity index (χ4v) is 1.89. The van der Waals surface area contributed by atoms with Gasteiger partial charge in [0, 0.05) is 17.3 Å². The Morgan fingerprint density at radius 3 is 2.24 bits per heavy atom. The van der Waals surface area contributed by atoms with Crippen LogP contribution in [0.3, 0.4) is 0 Å². The van der Waals surface area contributed by atoms with Crippen LogP contribution in [-0.2, 0) is 0 Å². The van der Waals surface area contributed by atoms with Gasteiger partial charge < -0.3 is 9.47 Å². The molecular formula is C14H13N5O2. The molecule has 0 spiro atoms. The van der Waals surface area contributed by atoms with Gasteiger partial charge in [-0.25, -0.2) is 0 Å². The molecule has 0 aliphatic heterocycles. The van der Waals surface area contributed by atoms with Crippen LogP contribution in [0.1, 0.15) is 0 Å². The van der Waals surface area contributed by atoms with Gasteiger partial charge in [0.1, 0.15) is 0 Å². The second-order valence-electron chi connectivity index (χ2n) is 4.18. The van der Waals surface area contributed by atoms with Crippen molar-refractivity contribution >= 4 is 0 Å².